The number of carbonyl (C=O) groups excluding carboxylic acids is 1. The predicted octanol–water partition coefficient (Wildman–Crippen LogP) is 2.33. The standard InChI is InChI=1S/C13H16ClNO3S/c1-2-10-9-15(7-6-13(10)16)19(17,18)12-5-3-4-11(14)8-12/h3-5,8,10H,2,6-7,9H2,1H3. The summed E-state index contributed by atoms with van der Waals surface area (Å²) in [6, 6.07) is 6.21. The maximum absolute atomic E-state index is 12.5. The molecule has 1 unspecified atom stereocenters. The average Bonchev–Trinajstić information content (AvgIpc) is 2.39. The van der Waals surface area contributed by atoms with Crippen LogP contribution in [0.5, 0.6) is 0 Å². The van der Waals surface area contributed by atoms with E-state index >= 15 is 0 Å². The van der Waals surface area contributed by atoms with Crippen molar-refractivity contribution in [2.24, 2.45) is 5.92 Å². The molecule has 6 heteroatoms. The van der Waals surface area contributed by atoms with Crippen molar-refractivity contribution in [2.45, 2.75) is 24.7 Å². The summed E-state index contributed by atoms with van der Waals surface area (Å²) in [6.45, 7) is 2.42. The van der Waals surface area contributed by atoms with E-state index in [1.165, 1.54) is 16.4 Å². The third-order valence-electron chi connectivity index (χ3n) is 3.41. The second-order valence-corrected chi connectivity index (χ2v) is 7.02. The van der Waals surface area contributed by atoms with Gasteiger partial charge in [0.2, 0.25) is 10.0 Å². The van der Waals surface area contributed by atoms with Crippen LogP contribution in [0.25, 0.3) is 0 Å². The van der Waals surface area contributed by atoms with Crippen LogP contribution in [0, 0.1) is 5.92 Å². The Balaban J connectivity index is 2.28. The second kappa shape index (κ2) is 5.61. The maximum Gasteiger partial charge on any atom is 0.243 e. The average molecular weight is 302 g/mol. The van der Waals surface area contributed by atoms with Crippen LogP contribution in [-0.4, -0.2) is 31.6 Å². The van der Waals surface area contributed by atoms with E-state index in [9.17, 15) is 13.2 Å². The number of carbonyl (C=O) groups is 1. The molecule has 1 aromatic carbocycles. The van der Waals surface area contributed by atoms with Gasteiger partial charge >= 0.3 is 0 Å². The van der Waals surface area contributed by atoms with Gasteiger partial charge in [-0.25, -0.2) is 8.42 Å². The molecule has 1 aliphatic heterocycles. The van der Waals surface area contributed by atoms with Crippen molar-refractivity contribution in [3.8, 4) is 0 Å². The van der Waals surface area contributed by atoms with Crippen molar-refractivity contribution >= 4 is 27.4 Å². The van der Waals surface area contributed by atoms with E-state index in [1.54, 1.807) is 12.1 Å². The number of benzene rings is 1. The number of hydrogen-bond donors (Lipinski definition) is 0. The molecule has 104 valence electrons. The van der Waals surface area contributed by atoms with Crippen LogP contribution >= 0.6 is 11.6 Å². The minimum atomic E-state index is -3.55. The lowest BCUT2D eigenvalue weighted by atomic mass is 9.96. The lowest BCUT2D eigenvalue weighted by Crippen LogP contribution is -2.43. The Morgan fingerprint density at radius 1 is 1.42 bits per heavy atom. The molecule has 1 saturated heterocycles. The Kier molecular flexibility index (Phi) is 4.28. The van der Waals surface area contributed by atoms with Crippen LogP contribution in [0.15, 0.2) is 29.2 Å². The van der Waals surface area contributed by atoms with Gasteiger partial charge < -0.3 is 0 Å². The van der Waals surface area contributed by atoms with Crippen LogP contribution in [0.3, 0.4) is 0 Å². The van der Waals surface area contributed by atoms with Gasteiger partial charge in [-0.15, -0.1) is 0 Å². The molecule has 1 aliphatic rings. The molecular weight excluding hydrogens is 286 g/mol. The second-order valence-electron chi connectivity index (χ2n) is 4.64. The van der Waals surface area contributed by atoms with E-state index in [2.05, 4.69) is 0 Å². The quantitative estimate of drug-likeness (QED) is 0.861. The molecule has 2 rings (SSSR count). The van der Waals surface area contributed by atoms with Crippen LogP contribution in [0.1, 0.15) is 19.8 Å². The Labute approximate surface area is 118 Å². The number of ketones is 1. The first-order valence-electron chi connectivity index (χ1n) is 6.23. The summed E-state index contributed by atoms with van der Waals surface area (Å²) in [5.41, 5.74) is 0. The lowest BCUT2D eigenvalue weighted by Gasteiger charge is -2.30. The highest BCUT2D eigenvalue weighted by molar-refractivity contribution is 7.89. The molecule has 0 bridgehead atoms. The van der Waals surface area contributed by atoms with Gasteiger partial charge in [0.15, 0.2) is 0 Å². The minimum absolute atomic E-state index is 0.153. The third-order valence-corrected chi connectivity index (χ3v) is 5.51. The van der Waals surface area contributed by atoms with Crippen LogP contribution < -0.4 is 0 Å². The Morgan fingerprint density at radius 3 is 2.79 bits per heavy atom. The highest BCUT2D eigenvalue weighted by Gasteiger charge is 2.33. The molecule has 0 amide bonds. The van der Waals surface area contributed by atoms with E-state index < -0.39 is 10.0 Å². The molecule has 0 spiro atoms. The van der Waals surface area contributed by atoms with Gasteiger partial charge in [-0.3, -0.25) is 4.79 Å². The summed E-state index contributed by atoms with van der Waals surface area (Å²) in [5.74, 6) is -0.0391. The van der Waals surface area contributed by atoms with E-state index in [1.807, 2.05) is 6.92 Å². The molecule has 0 N–H and O–H groups in total. The fourth-order valence-electron chi connectivity index (χ4n) is 2.23. The van der Waals surface area contributed by atoms with Crippen molar-refractivity contribution in [3.05, 3.63) is 29.3 Å². The number of sulfonamides is 1. The van der Waals surface area contributed by atoms with Crippen molar-refractivity contribution in [1.29, 1.82) is 0 Å². The lowest BCUT2D eigenvalue weighted by molar-refractivity contribution is -0.125. The van der Waals surface area contributed by atoms with Gasteiger partial charge in [0.05, 0.1) is 4.90 Å². The number of hydrogen-bond acceptors (Lipinski definition) is 3. The van der Waals surface area contributed by atoms with Gasteiger partial charge in [0, 0.05) is 30.5 Å². The third kappa shape index (κ3) is 2.99. The van der Waals surface area contributed by atoms with Crippen LogP contribution in [0.2, 0.25) is 5.02 Å². The molecule has 1 atom stereocenters. The summed E-state index contributed by atoms with van der Waals surface area (Å²) >= 11 is 5.83. The first-order valence-corrected chi connectivity index (χ1v) is 8.05. The Morgan fingerprint density at radius 2 is 2.16 bits per heavy atom. The molecule has 1 aromatic rings. The molecule has 4 nitrogen and oxygen atoms in total. The molecule has 0 saturated carbocycles. The van der Waals surface area contributed by atoms with E-state index in [-0.39, 0.29) is 36.1 Å². The Hall–Kier alpha value is -0.910. The van der Waals surface area contributed by atoms with Gasteiger partial charge in [0.25, 0.3) is 0 Å². The Bertz CT molecular complexity index is 585. The molecule has 19 heavy (non-hydrogen) atoms. The van der Waals surface area contributed by atoms with Crippen LogP contribution in [0.4, 0.5) is 0 Å². The molecular formula is C13H16ClNO3S. The first-order chi connectivity index (χ1) is 8.95. The summed E-state index contributed by atoms with van der Waals surface area (Å²) in [6.07, 6.45) is 0.957. The van der Waals surface area contributed by atoms with Gasteiger partial charge in [-0.05, 0) is 24.6 Å². The maximum atomic E-state index is 12.5. The first kappa shape index (κ1) is 14.5. The number of rotatable bonds is 3. The van der Waals surface area contributed by atoms with Crippen molar-refractivity contribution in [1.82, 2.24) is 4.31 Å². The van der Waals surface area contributed by atoms with E-state index in [4.69, 9.17) is 11.6 Å². The predicted molar refractivity (Wildman–Crippen MR) is 73.6 cm³/mol. The zero-order chi connectivity index (χ0) is 14.0. The van der Waals surface area contributed by atoms with Gasteiger partial charge in [0.1, 0.15) is 5.78 Å². The fourth-order valence-corrected chi connectivity index (χ4v) is 4.02. The molecule has 1 heterocycles. The number of Topliss-reactive ketones (excluding diaryl/α,β-unsaturated/α-hetero) is 1. The highest BCUT2D eigenvalue weighted by Crippen LogP contribution is 2.24. The van der Waals surface area contributed by atoms with Crippen LogP contribution in [-0.2, 0) is 14.8 Å². The topological polar surface area (TPSA) is 54.5 Å². The largest absolute Gasteiger partial charge is 0.299 e. The molecule has 1 fully saturated rings. The minimum Gasteiger partial charge on any atom is -0.299 e. The van der Waals surface area contributed by atoms with Crippen molar-refractivity contribution in [3.63, 3.8) is 0 Å². The molecule has 0 aliphatic carbocycles. The van der Waals surface area contributed by atoms with Gasteiger partial charge in [-0.1, -0.05) is 24.6 Å². The fraction of sp³-hybridized carbons (Fsp3) is 0.462. The van der Waals surface area contributed by atoms with Crippen molar-refractivity contribution < 1.29 is 13.2 Å². The van der Waals surface area contributed by atoms with Crippen molar-refractivity contribution in [2.75, 3.05) is 13.1 Å². The normalized spacial score (nSPS) is 21.6. The summed E-state index contributed by atoms with van der Waals surface area (Å²) < 4.78 is 26.3. The number of piperidine rings is 1. The van der Waals surface area contributed by atoms with E-state index in [0.717, 1.165) is 0 Å². The number of halogens is 1. The molecule has 0 aromatic heterocycles. The molecule has 0 radical (unpaired) electrons. The summed E-state index contributed by atoms with van der Waals surface area (Å²) in [7, 11) is -3.55. The summed E-state index contributed by atoms with van der Waals surface area (Å²) in [5, 5.41) is 0.390. The summed E-state index contributed by atoms with van der Waals surface area (Å²) in [4.78, 5) is 11.8. The number of nitrogens with zero attached hydrogens (tertiary/aromatic N) is 1. The zero-order valence-electron chi connectivity index (χ0n) is 10.7. The zero-order valence-corrected chi connectivity index (χ0v) is 12.2. The van der Waals surface area contributed by atoms with Gasteiger partial charge in [-0.2, -0.15) is 4.31 Å². The highest BCUT2D eigenvalue weighted by atomic mass is 35.5. The smallest absolute Gasteiger partial charge is 0.243 e. The van der Waals surface area contributed by atoms with E-state index in [0.29, 0.717) is 11.4 Å². The SMILES string of the molecule is CCC1CN(S(=O)(=O)c2cccc(Cl)c2)CCC1=O. The monoisotopic (exact) mass is 301 g/mol.